The van der Waals surface area contributed by atoms with Gasteiger partial charge in [0.25, 0.3) is 5.91 Å². The van der Waals surface area contributed by atoms with Crippen LogP contribution >= 0.6 is 15.9 Å². The first kappa shape index (κ1) is 14.3. The van der Waals surface area contributed by atoms with E-state index in [-0.39, 0.29) is 5.91 Å². The van der Waals surface area contributed by atoms with Crippen LogP contribution in [0.25, 0.3) is 11.3 Å². The second kappa shape index (κ2) is 6.43. The van der Waals surface area contributed by atoms with Crippen molar-refractivity contribution >= 4 is 21.8 Å². The summed E-state index contributed by atoms with van der Waals surface area (Å²) in [7, 11) is 0. The summed E-state index contributed by atoms with van der Waals surface area (Å²) in [5, 5.41) is 10.1. The summed E-state index contributed by atoms with van der Waals surface area (Å²) in [5.74, 6) is -0.0365. The number of rotatable bonds is 3. The largest absolute Gasteiger partial charge is 0.349 e. The molecule has 0 radical (unpaired) electrons. The lowest BCUT2D eigenvalue weighted by Gasteiger charge is -2.22. The molecule has 1 heterocycles. The van der Waals surface area contributed by atoms with Crippen molar-refractivity contribution in [2.75, 3.05) is 0 Å². The Morgan fingerprint density at radius 1 is 1.29 bits per heavy atom. The second-order valence-electron chi connectivity index (χ2n) is 5.48. The highest BCUT2D eigenvalue weighted by molar-refractivity contribution is 9.10. The fourth-order valence-electron chi connectivity index (χ4n) is 2.83. The minimum Gasteiger partial charge on any atom is -0.349 e. The van der Waals surface area contributed by atoms with Crippen LogP contribution in [0.3, 0.4) is 0 Å². The molecular weight excluding hydrogens is 330 g/mol. The maximum atomic E-state index is 12.5. The Labute approximate surface area is 132 Å². The molecular formula is C16H18BrN3O. The van der Waals surface area contributed by atoms with E-state index < -0.39 is 0 Å². The number of hydrogen-bond acceptors (Lipinski definition) is 2. The van der Waals surface area contributed by atoms with Crippen molar-refractivity contribution in [3.05, 3.63) is 40.5 Å². The van der Waals surface area contributed by atoms with Crippen molar-refractivity contribution in [2.24, 2.45) is 0 Å². The van der Waals surface area contributed by atoms with Gasteiger partial charge in [-0.3, -0.25) is 9.89 Å². The van der Waals surface area contributed by atoms with Crippen molar-refractivity contribution in [2.45, 2.75) is 38.1 Å². The van der Waals surface area contributed by atoms with E-state index >= 15 is 0 Å². The zero-order valence-electron chi connectivity index (χ0n) is 11.7. The fourth-order valence-corrected chi connectivity index (χ4v) is 3.23. The van der Waals surface area contributed by atoms with Crippen molar-refractivity contribution in [3.63, 3.8) is 0 Å². The number of carbonyl (C=O) groups excluding carboxylic acids is 1. The Kier molecular flexibility index (Phi) is 4.39. The molecule has 4 nitrogen and oxygen atoms in total. The molecule has 0 bridgehead atoms. The molecule has 0 saturated heterocycles. The van der Waals surface area contributed by atoms with Gasteiger partial charge in [0.1, 0.15) is 0 Å². The van der Waals surface area contributed by atoms with Crippen molar-refractivity contribution in [1.29, 1.82) is 0 Å². The molecule has 21 heavy (non-hydrogen) atoms. The van der Waals surface area contributed by atoms with Crippen LogP contribution in [0.15, 0.2) is 34.9 Å². The molecule has 0 spiro atoms. The first-order chi connectivity index (χ1) is 10.2. The molecule has 0 aliphatic heterocycles. The number of halogens is 1. The van der Waals surface area contributed by atoms with Gasteiger partial charge in [0.05, 0.1) is 17.5 Å². The zero-order chi connectivity index (χ0) is 14.7. The van der Waals surface area contributed by atoms with E-state index in [2.05, 4.69) is 31.4 Å². The van der Waals surface area contributed by atoms with Gasteiger partial charge < -0.3 is 5.32 Å². The van der Waals surface area contributed by atoms with Crippen molar-refractivity contribution in [1.82, 2.24) is 15.5 Å². The fraction of sp³-hybridized carbons (Fsp3) is 0.375. The lowest BCUT2D eigenvalue weighted by atomic mass is 9.95. The molecule has 3 rings (SSSR count). The molecule has 5 heteroatoms. The van der Waals surface area contributed by atoms with Gasteiger partial charge in [0.2, 0.25) is 0 Å². The van der Waals surface area contributed by atoms with Gasteiger partial charge in [-0.15, -0.1) is 0 Å². The SMILES string of the molecule is O=C(NC1CCCCC1)c1cn[nH]c1-c1cccc(Br)c1. The van der Waals surface area contributed by atoms with Crippen LogP contribution in [0.5, 0.6) is 0 Å². The molecule has 1 saturated carbocycles. The molecule has 1 fully saturated rings. The average molecular weight is 348 g/mol. The van der Waals surface area contributed by atoms with Gasteiger partial charge >= 0.3 is 0 Å². The van der Waals surface area contributed by atoms with Gasteiger partial charge in [-0.25, -0.2) is 0 Å². The molecule has 2 aromatic rings. The Hall–Kier alpha value is -1.62. The van der Waals surface area contributed by atoms with E-state index in [1.54, 1.807) is 6.20 Å². The second-order valence-corrected chi connectivity index (χ2v) is 6.39. The third kappa shape index (κ3) is 3.35. The molecule has 1 aromatic heterocycles. The van der Waals surface area contributed by atoms with Crippen LogP contribution in [0.2, 0.25) is 0 Å². The van der Waals surface area contributed by atoms with Gasteiger partial charge in [0.15, 0.2) is 0 Å². The number of benzene rings is 1. The number of aromatic amines is 1. The van der Waals surface area contributed by atoms with Crippen LogP contribution in [0.4, 0.5) is 0 Å². The van der Waals surface area contributed by atoms with Crippen LogP contribution < -0.4 is 5.32 Å². The van der Waals surface area contributed by atoms with Crippen LogP contribution in [-0.4, -0.2) is 22.1 Å². The van der Waals surface area contributed by atoms with Crippen LogP contribution in [0, 0.1) is 0 Å². The third-order valence-corrected chi connectivity index (χ3v) is 4.43. The summed E-state index contributed by atoms with van der Waals surface area (Å²) in [6.45, 7) is 0. The summed E-state index contributed by atoms with van der Waals surface area (Å²) < 4.78 is 0.980. The van der Waals surface area contributed by atoms with E-state index in [9.17, 15) is 4.79 Å². The Morgan fingerprint density at radius 3 is 2.86 bits per heavy atom. The number of nitrogens with zero attached hydrogens (tertiary/aromatic N) is 1. The highest BCUT2D eigenvalue weighted by Crippen LogP contribution is 2.25. The minimum absolute atomic E-state index is 0.0365. The topological polar surface area (TPSA) is 57.8 Å². The molecule has 110 valence electrons. The van der Waals surface area contributed by atoms with Crippen molar-refractivity contribution in [3.8, 4) is 11.3 Å². The normalized spacial score (nSPS) is 15.9. The quantitative estimate of drug-likeness (QED) is 0.884. The molecule has 1 aliphatic carbocycles. The number of nitrogens with one attached hydrogen (secondary N) is 2. The number of amides is 1. The molecule has 1 aromatic carbocycles. The monoisotopic (exact) mass is 347 g/mol. The van der Waals surface area contributed by atoms with Gasteiger partial charge in [-0.05, 0) is 25.0 Å². The number of H-pyrrole nitrogens is 1. The molecule has 1 amide bonds. The summed E-state index contributed by atoms with van der Waals surface area (Å²) in [4.78, 5) is 12.5. The lowest BCUT2D eigenvalue weighted by molar-refractivity contribution is 0.0928. The number of aromatic nitrogens is 2. The summed E-state index contributed by atoms with van der Waals surface area (Å²) in [5.41, 5.74) is 2.33. The maximum Gasteiger partial charge on any atom is 0.255 e. The van der Waals surface area contributed by atoms with Gasteiger partial charge in [-0.2, -0.15) is 5.10 Å². The summed E-state index contributed by atoms with van der Waals surface area (Å²) >= 11 is 3.45. The molecule has 0 unspecified atom stereocenters. The zero-order valence-corrected chi connectivity index (χ0v) is 13.3. The first-order valence-electron chi connectivity index (χ1n) is 7.34. The molecule has 0 atom stereocenters. The standard InChI is InChI=1S/C16H18BrN3O/c17-12-6-4-5-11(9-12)15-14(10-18-20-15)16(21)19-13-7-2-1-3-8-13/h4-6,9-10,13H,1-3,7-8H2,(H,18,20)(H,19,21). The van der Waals surface area contributed by atoms with E-state index in [1.165, 1.54) is 19.3 Å². The molecule has 2 N–H and O–H groups in total. The van der Waals surface area contributed by atoms with Gasteiger partial charge in [0, 0.05) is 16.1 Å². The Bertz CT molecular complexity index is 632. The van der Waals surface area contributed by atoms with E-state index in [4.69, 9.17) is 0 Å². The first-order valence-corrected chi connectivity index (χ1v) is 8.13. The highest BCUT2D eigenvalue weighted by Gasteiger charge is 2.20. The van der Waals surface area contributed by atoms with Crippen LogP contribution in [0.1, 0.15) is 42.5 Å². The average Bonchev–Trinajstić information content (AvgIpc) is 2.98. The third-order valence-electron chi connectivity index (χ3n) is 3.94. The smallest absolute Gasteiger partial charge is 0.255 e. The highest BCUT2D eigenvalue weighted by atomic mass is 79.9. The molecule has 1 aliphatic rings. The van der Waals surface area contributed by atoms with E-state index in [0.29, 0.717) is 11.6 Å². The minimum atomic E-state index is -0.0365. The van der Waals surface area contributed by atoms with E-state index in [1.807, 2.05) is 24.3 Å². The predicted molar refractivity (Wildman–Crippen MR) is 86.1 cm³/mol. The van der Waals surface area contributed by atoms with Crippen LogP contribution in [-0.2, 0) is 0 Å². The number of carbonyl (C=O) groups is 1. The predicted octanol–water partition coefficient (Wildman–Crippen LogP) is 3.90. The Morgan fingerprint density at radius 2 is 2.10 bits per heavy atom. The summed E-state index contributed by atoms with van der Waals surface area (Å²) in [6.07, 6.45) is 7.45. The number of hydrogen-bond donors (Lipinski definition) is 2. The summed E-state index contributed by atoms with van der Waals surface area (Å²) in [6, 6.07) is 8.15. The maximum absolute atomic E-state index is 12.5. The lowest BCUT2D eigenvalue weighted by Crippen LogP contribution is -2.36. The van der Waals surface area contributed by atoms with Crippen molar-refractivity contribution < 1.29 is 4.79 Å². The Balaban J connectivity index is 1.79. The van der Waals surface area contributed by atoms with Gasteiger partial charge in [-0.1, -0.05) is 47.3 Å². The van der Waals surface area contributed by atoms with E-state index in [0.717, 1.165) is 28.6 Å².